The third kappa shape index (κ3) is 4.82. The van der Waals surface area contributed by atoms with Gasteiger partial charge in [0.05, 0.1) is 19.2 Å². The zero-order chi connectivity index (χ0) is 16.8. The molecule has 8 heteroatoms. The number of hydrogen-bond acceptors (Lipinski definition) is 5. The molecule has 0 unspecified atom stereocenters. The van der Waals surface area contributed by atoms with Crippen molar-refractivity contribution in [2.75, 3.05) is 38.6 Å². The molecule has 2 rings (SSSR count). The first-order chi connectivity index (χ1) is 11.0. The summed E-state index contributed by atoms with van der Waals surface area (Å²) in [6, 6.07) is 4.01. The second-order valence-corrected chi connectivity index (χ2v) is 5.67. The van der Waals surface area contributed by atoms with E-state index in [1.54, 1.807) is 23.1 Å². The van der Waals surface area contributed by atoms with Crippen LogP contribution < -0.4 is 15.4 Å². The average Bonchev–Trinajstić information content (AvgIpc) is 2.53. The molecule has 0 bridgehead atoms. The van der Waals surface area contributed by atoms with Gasteiger partial charge < -0.3 is 20.5 Å². The molecular weight excluding hydrogens is 322 g/mol. The summed E-state index contributed by atoms with van der Waals surface area (Å²) in [7, 11) is 1.49. The van der Waals surface area contributed by atoms with Crippen LogP contribution in [0, 0.1) is 0 Å². The third-order valence-corrected chi connectivity index (χ3v) is 3.93. The van der Waals surface area contributed by atoms with Crippen LogP contribution in [0.15, 0.2) is 18.2 Å². The molecule has 0 saturated carbocycles. The van der Waals surface area contributed by atoms with Gasteiger partial charge in [0.15, 0.2) is 0 Å². The van der Waals surface area contributed by atoms with Crippen molar-refractivity contribution in [1.82, 2.24) is 10.2 Å². The van der Waals surface area contributed by atoms with Crippen LogP contribution in [0.1, 0.15) is 6.42 Å². The fourth-order valence-corrected chi connectivity index (χ4v) is 2.69. The van der Waals surface area contributed by atoms with Crippen LogP contribution in [0.3, 0.4) is 0 Å². The number of carbonyl (C=O) groups is 2. The van der Waals surface area contributed by atoms with Gasteiger partial charge in [0.2, 0.25) is 5.91 Å². The number of anilines is 1. The second kappa shape index (κ2) is 8.14. The van der Waals surface area contributed by atoms with E-state index in [9.17, 15) is 14.7 Å². The number of hydrogen-bond donors (Lipinski definition) is 3. The van der Waals surface area contributed by atoms with E-state index >= 15 is 0 Å². The van der Waals surface area contributed by atoms with Crippen LogP contribution in [0.2, 0.25) is 5.02 Å². The van der Waals surface area contributed by atoms with Crippen LogP contribution >= 0.6 is 11.6 Å². The number of nitrogens with zero attached hydrogens (tertiary/aromatic N) is 1. The Bertz CT molecular complexity index is 576. The quantitative estimate of drug-likeness (QED) is 0.716. The number of ether oxygens (including phenoxy) is 1. The van der Waals surface area contributed by atoms with Crippen molar-refractivity contribution in [3.8, 4) is 5.75 Å². The molecule has 1 saturated heterocycles. The second-order valence-electron chi connectivity index (χ2n) is 5.24. The highest BCUT2D eigenvalue weighted by Gasteiger charge is 2.29. The van der Waals surface area contributed by atoms with E-state index < -0.39 is 17.9 Å². The summed E-state index contributed by atoms with van der Waals surface area (Å²) in [6.07, 6.45) is -0.134. The van der Waals surface area contributed by atoms with Crippen molar-refractivity contribution >= 4 is 29.2 Å². The first-order valence-electron chi connectivity index (χ1n) is 7.32. The van der Waals surface area contributed by atoms with E-state index in [1.807, 2.05) is 0 Å². The molecule has 1 atom stereocenters. The number of nitrogens with one attached hydrogen (secondary N) is 2. The maximum Gasteiger partial charge on any atom is 0.321 e. The lowest BCUT2D eigenvalue weighted by molar-refractivity contribution is -0.145. The number of carbonyl (C=O) groups excluding carboxylic acids is 1. The Morgan fingerprint density at radius 2 is 2.13 bits per heavy atom. The van der Waals surface area contributed by atoms with E-state index in [0.29, 0.717) is 42.6 Å². The summed E-state index contributed by atoms with van der Waals surface area (Å²) in [5.74, 6) is -0.923. The lowest BCUT2D eigenvalue weighted by Crippen LogP contribution is -2.52. The predicted octanol–water partition coefficient (Wildman–Crippen LogP) is 1.04. The Labute approximate surface area is 139 Å². The Morgan fingerprint density at radius 3 is 2.74 bits per heavy atom. The normalized spacial score (nSPS) is 16.6. The zero-order valence-corrected chi connectivity index (χ0v) is 13.6. The fourth-order valence-electron chi connectivity index (χ4n) is 2.52. The number of piperazine rings is 1. The van der Waals surface area contributed by atoms with Gasteiger partial charge in [0, 0.05) is 31.2 Å². The molecule has 126 valence electrons. The highest BCUT2D eigenvalue weighted by molar-refractivity contribution is 6.31. The van der Waals surface area contributed by atoms with Gasteiger partial charge >= 0.3 is 5.97 Å². The van der Waals surface area contributed by atoms with Gasteiger partial charge in [-0.05, 0) is 18.2 Å². The standard InChI is InChI=1S/C15H20ClN3O4/c1-23-13-3-2-10(16)8-11(13)18-14(20)9-12(15(21)22)19-6-4-17-5-7-19/h2-3,8,12,17H,4-7,9H2,1H3,(H,18,20)(H,21,22)/t12-/m1/s1. The summed E-state index contributed by atoms with van der Waals surface area (Å²) in [4.78, 5) is 25.5. The van der Waals surface area contributed by atoms with Gasteiger partial charge in [-0.3, -0.25) is 14.5 Å². The summed E-state index contributed by atoms with van der Waals surface area (Å²) in [5, 5.41) is 15.7. The maximum absolute atomic E-state index is 12.2. The molecule has 1 aromatic rings. The Hall–Kier alpha value is -1.83. The molecular formula is C15H20ClN3O4. The maximum atomic E-state index is 12.2. The third-order valence-electron chi connectivity index (χ3n) is 3.69. The van der Waals surface area contributed by atoms with Crippen molar-refractivity contribution in [2.24, 2.45) is 0 Å². The number of carboxylic acids is 1. The molecule has 1 aromatic carbocycles. The highest BCUT2D eigenvalue weighted by atomic mass is 35.5. The lowest BCUT2D eigenvalue weighted by atomic mass is 10.1. The first-order valence-corrected chi connectivity index (χ1v) is 7.70. The van der Waals surface area contributed by atoms with E-state index in [-0.39, 0.29) is 6.42 Å². The summed E-state index contributed by atoms with van der Waals surface area (Å²) < 4.78 is 5.16. The van der Waals surface area contributed by atoms with Gasteiger partial charge in [-0.2, -0.15) is 0 Å². The van der Waals surface area contributed by atoms with Gasteiger partial charge in [0.25, 0.3) is 0 Å². The van der Waals surface area contributed by atoms with Gasteiger partial charge in [-0.1, -0.05) is 11.6 Å². The minimum absolute atomic E-state index is 0.134. The minimum atomic E-state index is -1.000. The van der Waals surface area contributed by atoms with Crippen LogP contribution in [-0.4, -0.2) is 61.2 Å². The number of benzene rings is 1. The lowest BCUT2D eigenvalue weighted by Gasteiger charge is -2.32. The van der Waals surface area contributed by atoms with E-state index in [1.165, 1.54) is 7.11 Å². The van der Waals surface area contributed by atoms with Crippen LogP contribution in [0.25, 0.3) is 0 Å². The molecule has 1 amide bonds. The van der Waals surface area contributed by atoms with Crippen molar-refractivity contribution in [3.63, 3.8) is 0 Å². The molecule has 0 aromatic heterocycles. The van der Waals surface area contributed by atoms with Crippen molar-refractivity contribution in [1.29, 1.82) is 0 Å². The Kier molecular flexibility index (Phi) is 6.20. The molecule has 23 heavy (non-hydrogen) atoms. The zero-order valence-electron chi connectivity index (χ0n) is 12.8. The first kappa shape index (κ1) is 17.5. The summed E-state index contributed by atoms with van der Waals surface area (Å²) in [6.45, 7) is 2.64. The molecule has 3 N–H and O–H groups in total. The molecule has 7 nitrogen and oxygen atoms in total. The monoisotopic (exact) mass is 341 g/mol. The number of amides is 1. The van der Waals surface area contributed by atoms with Crippen molar-refractivity contribution in [2.45, 2.75) is 12.5 Å². The largest absolute Gasteiger partial charge is 0.495 e. The molecule has 1 aliphatic rings. The fraction of sp³-hybridized carbons (Fsp3) is 0.467. The number of halogens is 1. The van der Waals surface area contributed by atoms with Gasteiger partial charge in [-0.15, -0.1) is 0 Å². The van der Waals surface area contributed by atoms with E-state index in [4.69, 9.17) is 16.3 Å². The molecule has 0 spiro atoms. The van der Waals surface area contributed by atoms with Crippen molar-refractivity contribution < 1.29 is 19.4 Å². The van der Waals surface area contributed by atoms with Gasteiger partial charge in [-0.25, -0.2) is 0 Å². The van der Waals surface area contributed by atoms with E-state index in [2.05, 4.69) is 10.6 Å². The number of carboxylic acid groups (broad SMARTS) is 1. The SMILES string of the molecule is COc1ccc(Cl)cc1NC(=O)C[C@H](C(=O)O)N1CCNCC1. The average molecular weight is 342 g/mol. The van der Waals surface area contributed by atoms with Crippen LogP contribution in [0.5, 0.6) is 5.75 Å². The van der Waals surface area contributed by atoms with Crippen LogP contribution in [0.4, 0.5) is 5.69 Å². The molecule has 0 aliphatic carbocycles. The molecule has 1 fully saturated rings. The predicted molar refractivity (Wildman–Crippen MR) is 87.1 cm³/mol. The number of rotatable bonds is 6. The summed E-state index contributed by atoms with van der Waals surface area (Å²) >= 11 is 5.92. The smallest absolute Gasteiger partial charge is 0.321 e. The highest BCUT2D eigenvalue weighted by Crippen LogP contribution is 2.27. The van der Waals surface area contributed by atoms with Crippen molar-refractivity contribution in [3.05, 3.63) is 23.2 Å². The topological polar surface area (TPSA) is 90.9 Å². The Morgan fingerprint density at radius 1 is 1.43 bits per heavy atom. The van der Waals surface area contributed by atoms with E-state index in [0.717, 1.165) is 0 Å². The number of aliphatic carboxylic acids is 1. The van der Waals surface area contributed by atoms with Crippen LogP contribution in [-0.2, 0) is 9.59 Å². The molecule has 0 radical (unpaired) electrons. The number of methoxy groups -OCH3 is 1. The summed E-state index contributed by atoms with van der Waals surface area (Å²) in [5.41, 5.74) is 0.425. The molecule has 1 heterocycles. The minimum Gasteiger partial charge on any atom is -0.495 e. The Balaban J connectivity index is 2.04. The van der Waals surface area contributed by atoms with Gasteiger partial charge in [0.1, 0.15) is 11.8 Å². The molecule has 1 aliphatic heterocycles.